The van der Waals surface area contributed by atoms with Gasteiger partial charge in [0, 0.05) is 12.9 Å². The molecule has 1 amide bonds. The molecule has 0 bridgehead atoms. The predicted octanol–water partition coefficient (Wildman–Crippen LogP) is 3.98. The van der Waals surface area contributed by atoms with Crippen molar-refractivity contribution in [3.8, 4) is 0 Å². The number of thioether (sulfide) groups is 1. The monoisotopic (exact) mass is 261 g/mol. The highest BCUT2D eigenvalue weighted by atomic mass is 32.2. The van der Waals surface area contributed by atoms with E-state index in [4.69, 9.17) is 5.11 Å². The SMILES string of the molecule is C=C/C=C(\C=C)SC(=O)NCCO.CC.CC.[HH]. The smallest absolute Gasteiger partial charge is 0.283 e. The first-order valence-corrected chi connectivity index (χ1v) is 6.58. The number of hydrogen-bond acceptors (Lipinski definition) is 3. The van der Waals surface area contributed by atoms with Crippen LogP contribution in [0.25, 0.3) is 0 Å². The summed E-state index contributed by atoms with van der Waals surface area (Å²) in [5.41, 5.74) is 0. The summed E-state index contributed by atoms with van der Waals surface area (Å²) in [5, 5.41) is 10.7. The number of amides is 1. The van der Waals surface area contributed by atoms with E-state index in [0.29, 0.717) is 0 Å². The van der Waals surface area contributed by atoms with Crippen LogP contribution in [0.3, 0.4) is 0 Å². The molecule has 0 aliphatic carbocycles. The Morgan fingerprint density at radius 2 is 1.88 bits per heavy atom. The van der Waals surface area contributed by atoms with Gasteiger partial charge in [-0.25, -0.2) is 0 Å². The lowest BCUT2D eigenvalue weighted by Crippen LogP contribution is -2.22. The molecule has 0 spiro atoms. The Morgan fingerprint density at radius 1 is 1.35 bits per heavy atom. The fraction of sp³-hybridized carbons (Fsp3) is 0.462. The molecule has 0 saturated heterocycles. The Morgan fingerprint density at radius 3 is 2.24 bits per heavy atom. The normalized spacial score (nSPS) is 8.88. The maximum Gasteiger partial charge on any atom is 0.283 e. The molecule has 0 heterocycles. The molecule has 3 nitrogen and oxygen atoms in total. The predicted molar refractivity (Wildman–Crippen MR) is 81.4 cm³/mol. The van der Waals surface area contributed by atoms with Gasteiger partial charge >= 0.3 is 0 Å². The van der Waals surface area contributed by atoms with Crippen LogP contribution in [0.4, 0.5) is 4.79 Å². The first-order chi connectivity index (χ1) is 8.24. The Balaban J connectivity index is -0.000000177. The third-order valence-corrected chi connectivity index (χ3v) is 1.94. The lowest BCUT2D eigenvalue weighted by molar-refractivity contribution is 0.253. The summed E-state index contributed by atoms with van der Waals surface area (Å²) in [6, 6.07) is 0. The number of carbonyl (C=O) groups excluding carboxylic acids is 1. The number of nitrogens with one attached hydrogen (secondary N) is 1. The number of hydrogen-bond donors (Lipinski definition) is 2. The van der Waals surface area contributed by atoms with Gasteiger partial charge in [-0.3, -0.25) is 4.79 Å². The van der Waals surface area contributed by atoms with E-state index in [-0.39, 0.29) is 19.8 Å². The van der Waals surface area contributed by atoms with E-state index in [0.717, 1.165) is 16.7 Å². The van der Waals surface area contributed by atoms with Gasteiger partial charge in [-0.15, -0.1) is 0 Å². The van der Waals surface area contributed by atoms with E-state index >= 15 is 0 Å². The average Bonchev–Trinajstić information content (AvgIpc) is 2.40. The van der Waals surface area contributed by atoms with E-state index in [1.807, 2.05) is 27.7 Å². The summed E-state index contributed by atoms with van der Waals surface area (Å²) in [6.45, 7) is 15.3. The molecule has 0 radical (unpaired) electrons. The van der Waals surface area contributed by atoms with Gasteiger partial charge in [0.1, 0.15) is 0 Å². The molecule has 0 aromatic heterocycles. The standard InChI is InChI=1S/C9H13NO2S.2C2H6.H2/c1-3-5-8(4-2)13-9(12)10-6-7-11;2*1-2;/h3-5,11H,1-2,6-7H2,(H,10,12);2*1-2H3;1H/b8-5+;;;. The van der Waals surface area contributed by atoms with Gasteiger partial charge in [0.2, 0.25) is 0 Å². The second-order valence-electron chi connectivity index (χ2n) is 2.05. The third-order valence-electron chi connectivity index (χ3n) is 1.07. The summed E-state index contributed by atoms with van der Waals surface area (Å²) >= 11 is 1.02. The molecular weight excluding hydrogens is 234 g/mol. The number of aliphatic hydroxyl groups is 1. The van der Waals surface area contributed by atoms with Crippen molar-refractivity contribution in [2.75, 3.05) is 13.2 Å². The fourth-order valence-electron chi connectivity index (χ4n) is 0.561. The topological polar surface area (TPSA) is 49.3 Å². The van der Waals surface area contributed by atoms with Crippen molar-refractivity contribution in [1.29, 1.82) is 0 Å². The van der Waals surface area contributed by atoms with Gasteiger partial charge in [0.25, 0.3) is 5.24 Å². The summed E-state index contributed by atoms with van der Waals surface area (Å²) in [5.74, 6) is 0. The molecule has 0 unspecified atom stereocenters. The number of carbonyl (C=O) groups is 1. The van der Waals surface area contributed by atoms with E-state index in [1.54, 1.807) is 18.2 Å². The molecule has 2 N–H and O–H groups in total. The maximum absolute atomic E-state index is 11.1. The molecule has 0 aromatic carbocycles. The molecule has 17 heavy (non-hydrogen) atoms. The van der Waals surface area contributed by atoms with Gasteiger partial charge in [-0.05, 0) is 17.8 Å². The second-order valence-corrected chi connectivity index (χ2v) is 3.10. The van der Waals surface area contributed by atoms with Crippen LogP contribution in [-0.4, -0.2) is 23.5 Å². The molecule has 0 aliphatic heterocycles. The molecule has 0 rings (SSSR count). The second kappa shape index (κ2) is 20.4. The van der Waals surface area contributed by atoms with Crippen LogP contribution in [-0.2, 0) is 0 Å². The van der Waals surface area contributed by atoms with Crippen LogP contribution in [0.5, 0.6) is 0 Å². The molecule has 0 atom stereocenters. The van der Waals surface area contributed by atoms with Crippen LogP contribution >= 0.6 is 11.8 Å². The van der Waals surface area contributed by atoms with Crippen molar-refractivity contribution in [3.05, 3.63) is 36.3 Å². The lowest BCUT2D eigenvalue weighted by Gasteiger charge is -2.01. The summed E-state index contributed by atoms with van der Waals surface area (Å²) in [4.78, 5) is 11.8. The zero-order valence-electron chi connectivity index (χ0n) is 11.3. The Hall–Kier alpha value is -1.00. The molecule has 0 aromatic rings. The zero-order chi connectivity index (χ0) is 14.1. The van der Waals surface area contributed by atoms with Gasteiger partial charge in [-0.2, -0.15) is 0 Å². The van der Waals surface area contributed by atoms with Crippen LogP contribution < -0.4 is 5.32 Å². The highest BCUT2D eigenvalue weighted by Crippen LogP contribution is 2.16. The van der Waals surface area contributed by atoms with E-state index in [9.17, 15) is 4.79 Å². The first-order valence-electron chi connectivity index (χ1n) is 5.76. The van der Waals surface area contributed by atoms with Crippen LogP contribution in [0.2, 0.25) is 0 Å². The molecule has 102 valence electrons. The molecular formula is C13H27NO2S. The number of allylic oxidation sites excluding steroid dienone is 3. The van der Waals surface area contributed by atoms with Gasteiger partial charge in [0.05, 0.1) is 6.61 Å². The molecule has 0 saturated carbocycles. The summed E-state index contributed by atoms with van der Waals surface area (Å²) in [6.07, 6.45) is 4.85. The minimum absolute atomic E-state index is 0. The minimum Gasteiger partial charge on any atom is -0.395 e. The highest BCUT2D eigenvalue weighted by molar-refractivity contribution is 8.17. The third kappa shape index (κ3) is 17.6. The quantitative estimate of drug-likeness (QED) is 0.736. The lowest BCUT2D eigenvalue weighted by atomic mass is 10.5. The van der Waals surface area contributed by atoms with E-state index in [2.05, 4.69) is 18.5 Å². The summed E-state index contributed by atoms with van der Waals surface area (Å²) in [7, 11) is 0. The van der Waals surface area contributed by atoms with Crippen molar-refractivity contribution in [2.45, 2.75) is 27.7 Å². The number of rotatable bonds is 5. The Kier molecular flexibility index (Phi) is 25.6. The van der Waals surface area contributed by atoms with Crippen molar-refractivity contribution in [1.82, 2.24) is 5.32 Å². The van der Waals surface area contributed by atoms with Crippen molar-refractivity contribution < 1.29 is 11.3 Å². The van der Waals surface area contributed by atoms with Gasteiger partial charge in [-0.1, -0.05) is 53.0 Å². The van der Waals surface area contributed by atoms with E-state index < -0.39 is 0 Å². The Labute approximate surface area is 111 Å². The molecule has 4 heteroatoms. The maximum atomic E-state index is 11.1. The molecule has 0 aliphatic rings. The minimum atomic E-state index is -0.206. The highest BCUT2D eigenvalue weighted by Gasteiger charge is 2.01. The van der Waals surface area contributed by atoms with Crippen molar-refractivity contribution in [2.24, 2.45) is 0 Å². The first kappa shape index (κ1) is 21.3. The van der Waals surface area contributed by atoms with Gasteiger partial charge < -0.3 is 10.4 Å². The van der Waals surface area contributed by atoms with Crippen molar-refractivity contribution in [3.63, 3.8) is 0 Å². The largest absolute Gasteiger partial charge is 0.395 e. The summed E-state index contributed by atoms with van der Waals surface area (Å²) < 4.78 is 0. The number of aliphatic hydroxyl groups excluding tert-OH is 1. The van der Waals surface area contributed by atoms with Crippen LogP contribution in [0.1, 0.15) is 29.1 Å². The van der Waals surface area contributed by atoms with Crippen LogP contribution in [0, 0.1) is 0 Å². The fourth-order valence-corrected chi connectivity index (χ4v) is 1.20. The van der Waals surface area contributed by atoms with Crippen molar-refractivity contribution >= 4 is 17.0 Å². The zero-order valence-corrected chi connectivity index (χ0v) is 12.1. The van der Waals surface area contributed by atoms with Gasteiger partial charge in [0.15, 0.2) is 0 Å². The van der Waals surface area contributed by atoms with E-state index in [1.165, 1.54) is 0 Å². The average molecular weight is 261 g/mol. The Bertz CT molecular complexity index is 231. The molecule has 0 fully saturated rings. The van der Waals surface area contributed by atoms with Crippen LogP contribution in [0.15, 0.2) is 36.3 Å².